The molecule has 0 bridgehead atoms. The lowest BCUT2D eigenvalue weighted by Gasteiger charge is -2.43. The summed E-state index contributed by atoms with van der Waals surface area (Å²) in [5, 5.41) is 27.5. The lowest BCUT2D eigenvalue weighted by molar-refractivity contribution is -0.149. The topological polar surface area (TPSA) is 150 Å². The van der Waals surface area contributed by atoms with Gasteiger partial charge in [-0.15, -0.1) is 24.8 Å². The second kappa shape index (κ2) is 11.2. The molecule has 1 saturated carbocycles. The van der Waals surface area contributed by atoms with Crippen molar-refractivity contribution >= 4 is 43.8 Å². The molecule has 25 heavy (non-hydrogen) atoms. The Balaban J connectivity index is 0. The average molecular weight is 402 g/mol. The Morgan fingerprint density at radius 1 is 1.32 bits per heavy atom. The van der Waals surface area contributed by atoms with Gasteiger partial charge in [-0.1, -0.05) is 6.42 Å². The fourth-order valence-electron chi connectivity index (χ4n) is 3.36. The molecule has 1 aliphatic carbocycles. The van der Waals surface area contributed by atoms with E-state index in [0.29, 0.717) is 12.8 Å². The van der Waals surface area contributed by atoms with Crippen LogP contribution in [-0.4, -0.2) is 64.2 Å². The molecule has 0 aromatic carbocycles. The summed E-state index contributed by atoms with van der Waals surface area (Å²) in [5.74, 6) is -1.66. The minimum absolute atomic E-state index is 0. The molecular weight excluding hydrogens is 372 g/mol. The molecule has 1 aliphatic rings. The number of nitrogens with zero attached hydrogens (tertiary/aromatic N) is 1. The highest BCUT2D eigenvalue weighted by molar-refractivity contribution is 6.40. The van der Waals surface area contributed by atoms with Crippen LogP contribution in [0.15, 0.2) is 0 Å². The highest BCUT2D eigenvalue weighted by Gasteiger charge is 2.47. The summed E-state index contributed by atoms with van der Waals surface area (Å²) < 4.78 is 0. The largest absolute Gasteiger partial charge is 0.480 e. The molecule has 1 fully saturated rings. The number of carboxylic acid groups (broad SMARTS) is 1. The van der Waals surface area contributed by atoms with E-state index in [0.717, 1.165) is 6.42 Å². The Kier molecular flexibility index (Phi) is 11.9. The van der Waals surface area contributed by atoms with Gasteiger partial charge in [0.2, 0.25) is 5.91 Å². The van der Waals surface area contributed by atoms with Crippen molar-refractivity contribution in [2.24, 2.45) is 23.3 Å². The van der Waals surface area contributed by atoms with Crippen molar-refractivity contribution in [2.75, 3.05) is 13.6 Å². The summed E-state index contributed by atoms with van der Waals surface area (Å²) >= 11 is 0. The van der Waals surface area contributed by atoms with Crippen molar-refractivity contribution in [3.63, 3.8) is 0 Å². The molecule has 7 N–H and O–H groups in total. The maximum atomic E-state index is 11.9. The summed E-state index contributed by atoms with van der Waals surface area (Å²) in [7, 11) is 0.210. The van der Waals surface area contributed by atoms with Gasteiger partial charge >= 0.3 is 13.1 Å². The van der Waals surface area contributed by atoms with Gasteiger partial charge in [0.05, 0.1) is 6.04 Å². The van der Waals surface area contributed by atoms with E-state index in [4.69, 9.17) is 21.5 Å². The molecule has 148 valence electrons. The van der Waals surface area contributed by atoms with E-state index < -0.39 is 24.7 Å². The second-order valence-corrected chi connectivity index (χ2v) is 6.76. The van der Waals surface area contributed by atoms with Crippen molar-refractivity contribution in [1.82, 2.24) is 4.90 Å². The maximum absolute atomic E-state index is 11.9. The molecule has 0 aromatic heterocycles. The van der Waals surface area contributed by atoms with Gasteiger partial charge in [-0.05, 0) is 38.4 Å². The molecule has 0 aromatic rings. The third-order valence-corrected chi connectivity index (χ3v) is 4.77. The van der Waals surface area contributed by atoms with Crippen LogP contribution < -0.4 is 11.5 Å². The molecule has 1 rings (SSSR count). The Hall–Kier alpha value is -0.575. The van der Waals surface area contributed by atoms with Crippen molar-refractivity contribution < 1.29 is 24.7 Å². The zero-order valence-corrected chi connectivity index (χ0v) is 16.3. The van der Waals surface area contributed by atoms with Gasteiger partial charge in [0.1, 0.15) is 5.54 Å². The van der Waals surface area contributed by atoms with Gasteiger partial charge in [0, 0.05) is 19.5 Å². The first kappa shape index (κ1) is 26.7. The fourth-order valence-corrected chi connectivity index (χ4v) is 3.36. The van der Waals surface area contributed by atoms with Gasteiger partial charge in [-0.3, -0.25) is 9.59 Å². The standard InChI is InChI=1S/C14H28BN3O5.2ClH/c1-9(16)12(19)18(2)8-11-4-3-10(5-6-15(22)23)7-14(11,17)13(20)21;;/h9-11,22-23H,3-8,16-17H2,1-2H3,(H,20,21);2*1H/t9-,10-,11-,14+;;/m0../s1. The first-order valence-electron chi connectivity index (χ1n) is 7.97. The summed E-state index contributed by atoms with van der Waals surface area (Å²) in [4.78, 5) is 25.0. The number of carbonyl (C=O) groups is 2. The molecular formula is C14H30BCl2N3O5. The summed E-state index contributed by atoms with van der Waals surface area (Å²) in [6.45, 7) is 1.83. The SMILES string of the molecule is C[C@H](N)C(=O)N(C)C[C@@H]1CC[C@@H](CCB(O)O)C[C@]1(N)C(=O)O.Cl.Cl. The lowest BCUT2D eigenvalue weighted by atomic mass is 9.66. The van der Waals surface area contributed by atoms with Crippen LogP contribution in [0.4, 0.5) is 0 Å². The number of hydrogen-bond acceptors (Lipinski definition) is 6. The quantitative estimate of drug-likeness (QED) is 0.367. The van der Waals surface area contributed by atoms with E-state index in [-0.39, 0.29) is 61.8 Å². The van der Waals surface area contributed by atoms with Crippen LogP contribution in [-0.2, 0) is 9.59 Å². The predicted molar refractivity (Wildman–Crippen MR) is 101 cm³/mol. The summed E-state index contributed by atoms with van der Waals surface area (Å²) in [6.07, 6.45) is 2.31. The minimum Gasteiger partial charge on any atom is -0.480 e. The van der Waals surface area contributed by atoms with Crippen molar-refractivity contribution in [3.8, 4) is 0 Å². The monoisotopic (exact) mass is 401 g/mol. The molecule has 4 atom stereocenters. The average Bonchev–Trinajstić information content (AvgIpc) is 2.46. The van der Waals surface area contributed by atoms with E-state index in [1.54, 1.807) is 14.0 Å². The van der Waals surface area contributed by atoms with Gasteiger partial charge in [0.25, 0.3) is 0 Å². The minimum atomic E-state index is -1.42. The first-order chi connectivity index (χ1) is 10.6. The fraction of sp³-hybridized carbons (Fsp3) is 0.857. The third-order valence-electron chi connectivity index (χ3n) is 4.77. The lowest BCUT2D eigenvalue weighted by Crippen LogP contribution is -2.60. The molecule has 0 spiro atoms. The van der Waals surface area contributed by atoms with E-state index in [9.17, 15) is 14.7 Å². The summed E-state index contributed by atoms with van der Waals surface area (Å²) in [6, 6.07) is -0.639. The number of amides is 1. The molecule has 0 unspecified atom stereocenters. The van der Waals surface area contributed by atoms with Crippen LogP contribution in [0.25, 0.3) is 0 Å². The van der Waals surface area contributed by atoms with E-state index in [1.807, 2.05) is 0 Å². The van der Waals surface area contributed by atoms with E-state index in [1.165, 1.54) is 4.90 Å². The van der Waals surface area contributed by atoms with Gasteiger partial charge in [-0.2, -0.15) is 0 Å². The normalized spacial score (nSPS) is 26.6. The second-order valence-electron chi connectivity index (χ2n) is 6.76. The summed E-state index contributed by atoms with van der Waals surface area (Å²) in [5.41, 5.74) is 10.3. The Labute approximate surface area is 161 Å². The van der Waals surface area contributed by atoms with E-state index in [2.05, 4.69) is 0 Å². The Morgan fingerprint density at radius 3 is 2.32 bits per heavy atom. The third kappa shape index (κ3) is 7.28. The molecule has 0 radical (unpaired) electrons. The predicted octanol–water partition coefficient (Wildman–Crippen LogP) is -0.303. The molecule has 11 heteroatoms. The number of hydrogen-bond donors (Lipinski definition) is 5. The Morgan fingerprint density at radius 2 is 1.88 bits per heavy atom. The van der Waals surface area contributed by atoms with E-state index >= 15 is 0 Å². The highest BCUT2D eigenvalue weighted by Crippen LogP contribution is 2.38. The van der Waals surface area contributed by atoms with Gasteiger partial charge < -0.3 is 31.5 Å². The van der Waals surface area contributed by atoms with Crippen LogP contribution in [0.1, 0.15) is 32.6 Å². The number of carboxylic acids is 1. The highest BCUT2D eigenvalue weighted by atomic mass is 35.5. The van der Waals surface area contributed by atoms with Crippen LogP contribution in [0.2, 0.25) is 6.32 Å². The number of likely N-dealkylation sites (N-methyl/N-ethyl adjacent to an activating group) is 1. The van der Waals surface area contributed by atoms with Crippen molar-refractivity contribution in [2.45, 2.75) is 50.5 Å². The molecule has 8 nitrogen and oxygen atoms in total. The van der Waals surface area contributed by atoms with Gasteiger partial charge in [-0.25, -0.2) is 0 Å². The van der Waals surface area contributed by atoms with Crippen LogP contribution in [0.5, 0.6) is 0 Å². The molecule has 0 aliphatic heterocycles. The number of halogens is 2. The zero-order chi connectivity index (χ0) is 17.8. The maximum Gasteiger partial charge on any atom is 0.451 e. The molecule has 0 saturated heterocycles. The Bertz CT molecular complexity index is 445. The van der Waals surface area contributed by atoms with Gasteiger partial charge in [0.15, 0.2) is 0 Å². The first-order valence-corrected chi connectivity index (χ1v) is 7.97. The van der Waals surface area contributed by atoms with Crippen molar-refractivity contribution in [3.05, 3.63) is 0 Å². The molecule has 1 amide bonds. The van der Waals surface area contributed by atoms with Crippen LogP contribution >= 0.6 is 24.8 Å². The number of nitrogens with two attached hydrogens (primary N) is 2. The smallest absolute Gasteiger partial charge is 0.451 e. The zero-order valence-electron chi connectivity index (χ0n) is 14.6. The number of carbonyl (C=O) groups excluding carboxylic acids is 1. The number of rotatable bonds is 7. The number of aliphatic carboxylic acids is 1. The molecule has 0 heterocycles. The van der Waals surface area contributed by atoms with Crippen LogP contribution in [0, 0.1) is 11.8 Å². The van der Waals surface area contributed by atoms with Crippen molar-refractivity contribution in [1.29, 1.82) is 0 Å². The van der Waals surface area contributed by atoms with Crippen LogP contribution in [0.3, 0.4) is 0 Å².